The minimum Gasteiger partial charge on any atom is -0.339 e. The van der Waals surface area contributed by atoms with E-state index in [9.17, 15) is 27.7 Å². The van der Waals surface area contributed by atoms with E-state index >= 15 is 0 Å². The van der Waals surface area contributed by atoms with Gasteiger partial charge in [-0.05, 0) is 41.8 Å². The van der Waals surface area contributed by atoms with Crippen LogP contribution in [0.1, 0.15) is 48.8 Å². The number of nitrogens with one attached hydrogen (secondary N) is 2. The monoisotopic (exact) mass is 600 g/mol. The van der Waals surface area contributed by atoms with Gasteiger partial charge in [-0.3, -0.25) is 18.9 Å². The fourth-order valence-electron chi connectivity index (χ4n) is 4.30. The van der Waals surface area contributed by atoms with Crippen LogP contribution >= 0.6 is 30.3 Å². The van der Waals surface area contributed by atoms with Crippen molar-refractivity contribution in [1.29, 1.82) is 0 Å². The summed E-state index contributed by atoms with van der Waals surface area (Å²) in [4.78, 5) is 63.5. The number of amides is 3. The van der Waals surface area contributed by atoms with E-state index in [1.54, 1.807) is 32.3 Å². The minimum absolute atomic E-state index is 0.128. The molecule has 1 fully saturated rings. The van der Waals surface area contributed by atoms with Gasteiger partial charge in [0, 0.05) is 28.4 Å². The molecule has 10 nitrogen and oxygen atoms in total. The van der Waals surface area contributed by atoms with Crippen molar-refractivity contribution < 1.29 is 37.5 Å². The second kappa shape index (κ2) is 10.7. The zero-order valence-corrected chi connectivity index (χ0v) is 23.7. The molecule has 2 aromatic heterocycles. The number of fused-ring (bicyclic) bond motifs is 1. The maximum atomic E-state index is 14.2. The topological polar surface area (TPSA) is 149 Å². The summed E-state index contributed by atoms with van der Waals surface area (Å²) < 4.78 is 40.1. The molecule has 4 rings (SSSR count). The third-order valence-corrected chi connectivity index (χ3v) is 9.14. The number of carbonyl (C=O) groups is 3. The Bertz CT molecular complexity index is 1450. The third-order valence-electron chi connectivity index (χ3n) is 6.34. The fraction of sp³-hybridized carbons (Fsp3) is 0.417. The Balaban J connectivity index is 1.55. The number of hydrogen-bond donors (Lipinski definition) is 4. The largest absolute Gasteiger partial charge is 0.399 e. The fourth-order valence-corrected chi connectivity index (χ4v) is 6.26. The highest BCUT2D eigenvalue weighted by Gasteiger charge is 2.50. The van der Waals surface area contributed by atoms with E-state index < -0.39 is 48.1 Å². The summed E-state index contributed by atoms with van der Waals surface area (Å²) in [5, 5.41) is 7.81. The van der Waals surface area contributed by atoms with E-state index in [2.05, 4.69) is 15.6 Å². The molecule has 1 aliphatic rings. The molecule has 0 aliphatic carbocycles. The van der Waals surface area contributed by atoms with Gasteiger partial charge < -0.3 is 25.3 Å². The number of aromatic nitrogens is 1. The molecular weight excluding hydrogens is 573 g/mol. The Labute approximate surface area is 230 Å². The Kier molecular flexibility index (Phi) is 7.99. The Morgan fingerprint density at radius 1 is 1.21 bits per heavy atom. The first-order chi connectivity index (χ1) is 18.1. The van der Waals surface area contributed by atoms with E-state index in [1.165, 1.54) is 28.4 Å². The summed E-state index contributed by atoms with van der Waals surface area (Å²) in [7, 11) is -5.75. The number of benzene rings is 1. The van der Waals surface area contributed by atoms with Gasteiger partial charge in [-0.15, -0.1) is 22.7 Å². The molecule has 0 spiro atoms. The van der Waals surface area contributed by atoms with Crippen LogP contribution in [0.2, 0.25) is 0 Å². The third kappa shape index (κ3) is 6.04. The lowest BCUT2D eigenvalue weighted by molar-refractivity contribution is -0.140. The van der Waals surface area contributed by atoms with Crippen LogP contribution in [0.25, 0.3) is 10.1 Å². The van der Waals surface area contributed by atoms with Gasteiger partial charge in [0.1, 0.15) is 12.1 Å². The molecule has 0 bridgehead atoms. The summed E-state index contributed by atoms with van der Waals surface area (Å²) in [6, 6.07) is 2.71. The highest BCUT2D eigenvalue weighted by Crippen LogP contribution is 2.59. The maximum Gasteiger partial charge on any atom is 0.399 e. The second-order valence-electron chi connectivity index (χ2n) is 10.2. The SMILES string of the molecule is CC(C)(C)C(NC(=O)c1cc2cc(C(F)(F)P(=O)(O)O)ccc2s1)C(=O)N1CCCC1C(=O)Nc1nccs1. The van der Waals surface area contributed by atoms with Crippen molar-refractivity contribution in [3.63, 3.8) is 0 Å². The van der Waals surface area contributed by atoms with E-state index in [-0.39, 0.29) is 16.2 Å². The van der Waals surface area contributed by atoms with Crippen LogP contribution in [0.5, 0.6) is 0 Å². The Morgan fingerprint density at radius 3 is 2.54 bits per heavy atom. The summed E-state index contributed by atoms with van der Waals surface area (Å²) >= 11 is 2.25. The van der Waals surface area contributed by atoms with Crippen LogP contribution in [0.4, 0.5) is 13.9 Å². The Hall–Kier alpha value is -2.77. The number of thiophene rings is 1. The van der Waals surface area contributed by atoms with Gasteiger partial charge in [0.05, 0.1) is 4.88 Å². The lowest BCUT2D eigenvalue weighted by Gasteiger charge is -2.35. The van der Waals surface area contributed by atoms with Gasteiger partial charge in [-0.1, -0.05) is 26.8 Å². The highest BCUT2D eigenvalue weighted by molar-refractivity contribution is 7.52. The number of nitrogens with zero attached hydrogens (tertiary/aromatic N) is 2. The van der Waals surface area contributed by atoms with Crippen molar-refractivity contribution >= 4 is 63.2 Å². The molecule has 39 heavy (non-hydrogen) atoms. The summed E-state index contributed by atoms with van der Waals surface area (Å²) in [5.41, 5.74) is -5.99. The average Bonchev–Trinajstić information content (AvgIpc) is 3.60. The highest BCUT2D eigenvalue weighted by atomic mass is 32.1. The number of thiazole rings is 1. The van der Waals surface area contributed by atoms with E-state index in [0.29, 0.717) is 29.2 Å². The average molecular weight is 601 g/mol. The molecule has 1 saturated heterocycles. The minimum atomic E-state index is -5.75. The van der Waals surface area contributed by atoms with Crippen LogP contribution in [0, 0.1) is 5.41 Å². The number of hydrogen-bond acceptors (Lipinski definition) is 7. The van der Waals surface area contributed by atoms with E-state index in [4.69, 9.17) is 9.79 Å². The van der Waals surface area contributed by atoms with Crippen molar-refractivity contribution in [3.05, 3.63) is 46.3 Å². The number of likely N-dealkylation sites (tertiary alicyclic amines) is 1. The van der Waals surface area contributed by atoms with Crippen molar-refractivity contribution in [1.82, 2.24) is 15.2 Å². The van der Waals surface area contributed by atoms with Gasteiger partial charge in [-0.25, -0.2) is 4.98 Å². The zero-order valence-electron chi connectivity index (χ0n) is 21.2. The first-order valence-corrected chi connectivity index (χ1v) is 15.2. The second-order valence-corrected chi connectivity index (χ2v) is 13.9. The van der Waals surface area contributed by atoms with Gasteiger partial charge in [-0.2, -0.15) is 8.78 Å². The van der Waals surface area contributed by atoms with E-state index in [0.717, 1.165) is 23.5 Å². The van der Waals surface area contributed by atoms with Crippen molar-refractivity contribution in [2.24, 2.45) is 5.41 Å². The number of halogens is 2. The molecule has 2 atom stereocenters. The predicted molar refractivity (Wildman–Crippen MR) is 144 cm³/mol. The lowest BCUT2D eigenvalue weighted by Crippen LogP contribution is -2.57. The number of anilines is 1. The van der Waals surface area contributed by atoms with Crippen LogP contribution in [-0.2, 0) is 19.8 Å². The van der Waals surface area contributed by atoms with Crippen molar-refractivity contribution in [2.75, 3.05) is 11.9 Å². The zero-order chi connectivity index (χ0) is 28.8. The molecule has 3 heterocycles. The summed E-state index contributed by atoms with van der Waals surface area (Å²) in [5.74, 6) is -1.39. The smallest absolute Gasteiger partial charge is 0.339 e. The van der Waals surface area contributed by atoms with Gasteiger partial charge in [0.2, 0.25) is 11.8 Å². The maximum absolute atomic E-state index is 14.2. The molecule has 4 N–H and O–H groups in total. The normalized spacial score (nSPS) is 17.3. The lowest BCUT2D eigenvalue weighted by atomic mass is 9.85. The molecule has 210 valence electrons. The summed E-state index contributed by atoms with van der Waals surface area (Å²) in [6.07, 6.45) is 2.64. The van der Waals surface area contributed by atoms with Gasteiger partial charge in [0.15, 0.2) is 5.13 Å². The first kappa shape index (κ1) is 29.2. The molecule has 3 amide bonds. The van der Waals surface area contributed by atoms with Gasteiger partial charge in [0.25, 0.3) is 5.91 Å². The number of rotatable bonds is 7. The van der Waals surface area contributed by atoms with E-state index in [1.807, 2.05) is 0 Å². The molecule has 2 unspecified atom stereocenters. The van der Waals surface area contributed by atoms with Gasteiger partial charge >= 0.3 is 13.3 Å². The van der Waals surface area contributed by atoms with Crippen LogP contribution in [0.3, 0.4) is 0 Å². The van der Waals surface area contributed by atoms with Crippen LogP contribution < -0.4 is 10.6 Å². The van der Waals surface area contributed by atoms with Crippen LogP contribution in [-0.4, -0.2) is 56.0 Å². The molecule has 1 aromatic carbocycles. The van der Waals surface area contributed by atoms with Crippen molar-refractivity contribution in [2.45, 2.75) is 51.4 Å². The molecule has 3 aromatic rings. The molecule has 1 aliphatic heterocycles. The molecular formula is C24H27F2N4O6PS2. The number of alkyl halides is 2. The first-order valence-electron chi connectivity index (χ1n) is 11.9. The van der Waals surface area contributed by atoms with Crippen LogP contribution in [0.15, 0.2) is 35.8 Å². The molecule has 0 saturated carbocycles. The molecule has 0 radical (unpaired) electrons. The Morgan fingerprint density at radius 2 is 1.92 bits per heavy atom. The van der Waals surface area contributed by atoms with Crippen molar-refractivity contribution in [3.8, 4) is 0 Å². The quantitative estimate of drug-likeness (QED) is 0.295. The standard InChI is InChI=1S/C24H27F2N4O6PS2/c1-23(2,3)18(21(33)30-9-4-5-15(30)19(31)29-22-27-8-10-38-22)28-20(32)17-12-13-11-14(6-7-16(13)39-17)24(25,26)37(34,35)36/h6-8,10-12,15,18H,4-5,9H2,1-3H3,(H,28,32)(H,27,29,31)(H2,34,35,36). The molecule has 15 heteroatoms. The number of carbonyl (C=O) groups excluding carboxylic acids is 3. The predicted octanol–water partition coefficient (Wildman–Crippen LogP) is 4.36. The summed E-state index contributed by atoms with van der Waals surface area (Å²) in [6.45, 7) is 5.67.